The van der Waals surface area contributed by atoms with Gasteiger partial charge in [-0.2, -0.15) is 4.98 Å². The van der Waals surface area contributed by atoms with Crippen LogP contribution in [-0.4, -0.2) is 67.7 Å². The highest BCUT2D eigenvalue weighted by atomic mass is 16.6. The van der Waals surface area contributed by atoms with E-state index in [4.69, 9.17) is 19.9 Å². The summed E-state index contributed by atoms with van der Waals surface area (Å²) in [5, 5.41) is 19.2. The fourth-order valence-electron chi connectivity index (χ4n) is 2.67. The minimum absolute atomic E-state index is 0.00729. The van der Waals surface area contributed by atoms with E-state index in [1.807, 2.05) is 0 Å². The first-order valence-electron chi connectivity index (χ1n) is 7.72. The number of hydrogen-bond donors (Lipinski definition) is 3. The van der Waals surface area contributed by atoms with Crippen molar-refractivity contribution in [3.8, 4) is 0 Å². The quantitative estimate of drug-likeness (QED) is 0.459. The second-order valence-corrected chi connectivity index (χ2v) is 5.67. The van der Waals surface area contributed by atoms with Crippen molar-refractivity contribution in [1.29, 1.82) is 0 Å². The maximum Gasteiger partial charge on any atom is 0.354 e. The van der Waals surface area contributed by atoms with Crippen molar-refractivity contribution >= 4 is 17.9 Å². The Morgan fingerprint density at radius 3 is 2.69 bits per heavy atom. The number of nitrogens with two attached hydrogens (primary N) is 1. The van der Waals surface area contributed by atoms with Crippen molar-refractivity contribution in [3.63, 3.8) is 0 Å². The minimum Gasteiger partial charge on any atom is -0.459 e. The SMILES string of the molecule is CC(=O)O[C@H]([C@H]1OC(n2cnc(N)nc2=O)C[C@@H]1OC(C)=O)[C@H](O)CO. The third kappa shape index (κ3) is 4.53. The number of nitrogen functional groups attached to an aromatic ring is 1. The Bertz CT molecular complexity index is 723. The Kier molecular flexibility index (Phi) is 6.23. The van der Waals surface area contributed by atoms with Crippen LogP contribution in [0.15, 0.2) is 11.1 Å². The Labute approximate surface area is 147 Å². The van der Waals surface area contributed by atoms with Crippen LogP contribution in [0.1, 0.15) is 26.5 Å². The summed E-state index contributed by atoms with van der Waals surface area (Å²) in [7, 11) is 0. The van der Waals surface area contributed by atoms with Gasteiger partial charge in [0.2, 0.25) is 5.95 Å². The lowest BCUT2D eigenvalue weighted by Gasteiger charge is -2.29. The lowest BCUT2D eigenvalue weighted by atomic mass is 10.0. The number of aliphatic hydroxyl groups excluding tert-OH is 2. The number of rotatable bonds is 6. The summed E-state index contributed by atoms with van der Waals surface area (Å²) < 4.78 is 16.9. The third-order valence-corrected chi connectivity index (χ3v) is 3.68. The minimum atomic E-state index is -1.49. The summed E-state index contributed by atoms with van der Waals surface area (Å²) in [6, 6.07) is 0. The van der Waals surface area contributed by atoms with Gasteiger partial charge in [-0.25, -0.2) is 9.78 Å². The smallest absolute Gasteiger partial charge is 0.354 e. The molecule has 0 saturated carbocycles. The Morgan fingerprint density at radius 2 is 2.15 bits per heavy atom. The van der Waals surface area contributed by atoms with E-state index < -0.39 is 54.9 Å². The van der Waals surface area contributed by atoms with Crippen LogP contribution in [0.3, 0.4) is 0 Å². The molecule has 2 heterocycles. The molecule has 1 aliphatic heterocycles. The van der Waals surface area contributed by atoms with Gasteiger partial charge in [0.1, 0.15) is 30.9 Å². The van der Waals surface area contributed by atoms with Gasteiger partial charge < -0.3 is 30.2 Å². The van der Waals surface area contributed by atoms with Crippen LogP contribution in [0.4, 0.5) is 5.95 Å². The van der Waals surface area contributed by atoms with Crippen LogP contribution in [-0.2, 0) is 23.8 Å². The fraction of sp³-hybridized carbons (Fsp3) is 0.643. The second kappa shape index (κ2) is 8.21. The van der Waals surface area contributed by atoms with Crippen LogP contribution in [0.2, 0.25) is 0 Å². The zero-order valence-corrected chi connectivity index (χ0v) is 14.1. The molecular weight excluding hydrogens is 352 g/mol. The molecule has 4 N–H and O–H groups in total. The molecule has 0 bridgehead atoms. The van der Waals surface area contributed by atoms with E-state index in [2.05, 4.69) is 9.97 Å². The Hall–Kier alpha value is -2.57. The molecular formula is C14H20N4O8. The monoisotopic (exact) mass is 372 g/mol. The first-order chi connectivity index (χ1) is 12.2. The zero-order chi connectivity index (χ0) is 19.4. The largest absolute Gasteiger partial charge is 0.459 e. The zero-order valence-electron chi connectivity index (χ0n) is 14.1. The normalized spacial score (nSPS) is 24.7. The number of anilines is 1. The lowest BCUT2D eigenvalue weighted by Crippen LogP contribution is -2.48. The molecule has 0 spiro atoms. The lowest BCUT2D eigenvalue weighted by molar-refractivity contribution is -0.181. The summed E-state index contributed by atoms with van der Waals surface area (Å²) in [6.45, 7) is 1.56. The molecule has 1 fully saturated rings. The molecule has 144 valence electrons. The number of nitrogens with zero attached hydrogens (tertiary/aromatic N) is 3. The highest BCUT2D eigenvalue weighted by Gasteiger charge is 2.47. The topological polar surface area (TPSA) is 176 Å². The third-order valence-electron chi connectivity index (χ3n) is 3.68. The number of esters is 2. The van der Waals surface area contributed by atoms with Crippen LogP contribution in [0.25, 0.3) is 0 Å². The maximum atomic E-state index is 12.0. The van der Waals surface area contributed by atoms with Crippen LogP contribution >= 0.6 is 0 Å². The van der Waals surface area contributed by atoms with E-state index in [1.54, 1.807) is 0 Å². The molecule has 1 aliphatic rings. The predicted molar refractivity (Wildman–Crippen MR) is 83.4 cm³/mol. The average molecular weight is 372 g/mol. The molecule has 0 aliphatic carbocycles. The fourth-order valence-corrected chi connectivity index (χ4v) is 2.67. The molecule has 0 amide bonds. The summed E-state index contributed by atoms with van der Waals surface area (Å²) in [5.41, 5.74) is 4.60. The van der Waals surface area contributed by atoms with Crippen molar-refractivity contribution in [1.82, 2.24) is 14.5 Å². The standard InChI is InChI=1S/C14H20N4O8/c1-6(20)24-9-3-10(18-5-16-13(15)17-14(18)23)26-12(9)11(8(22)4-19)25-7(2)21/h5,8-12,19,22H,3-4H2,1-2H3,(H2,15,17,23)/t8-,9+,10?,11+,12+/m1/s1. The molecule has 12 nitrogen and oxygen atoms in total. The maximum absolute atomic E-state index is 12.0. The number of aromatic nitrogens is 3. The Morgan fingerprint density at radius 1 is 1.46 bits per heavy atom. The van der Waals surface area contributed by atoms with Crippen molar-refractivity contribution in [2.45, 2.75) is 50.9 Å². The number of carbonyl (C=O) groups is 2. The molecule has 26 heavy (non-hydrogen) atoms. The van der Waals surface area contributed by atoms with Crippen molar-refractivity contribution in [2.24, 2.45) is 0 Å². The van der Waals surface area contributed by atoms with Gasteiger partial charge in [0.25, 0.3) is 0 Å². The number of aliphatic hydroxyl groups is 2. The second-order valence-electron chi connectivity index (χ2n) is 5.67. The molecule has 1 unspecified atom stereocenters. The number of carbonyl (C=O) groups excluding carboxylic acids is 2. The molecule has 2 rings (SSSR count). The van der Waals surface area contributed by atoms with Gasteiger partial charge in [0, 0.05) is 20.3 Å². The average Bonchev–Trinajstić information content (AvgIpc) is 2.94. The van der Waals surface area contributed by atoms with Gasteiger partial charge in [-0.15, -0.1) is 0 Å². The van der Waals surface area contributed by atoms with Crippen LogP contribution < -0.4 is 11.4 Å². The molecule has 12 heteroatoms. The van der Waals surface area contributed by atoms with Gasteiger partial charge in [-0.3, -0.25) is 14.2 Å². The van der Waals surface area contributed by atoms with Gasteiger partial charge >= 0.3 is 17.6 Å². The van der Waals surface area contributed by atoms with Gasteiger partial charge in [0.15, 0.2) is 6.10 Å². The van der Waals surface area contributed by atoms with Crippen molar-refractivity contribution < 1.29 is 34.0 Å². The van der Waals surface area contributed by atoms with E-state index in [0.29, 0.717) is 0 Å². The van der Waals surface area contributed by atoms with Gasteiger partial charge in [-0.05, 0) is 0 Å². The summed E-state index contributed by atoms with van der Waals surface area (Å²) in [6.07, 6.45) is -4.72. The molecule has 1 aromatic heterocycles. The molecule has 1 aromatic rings. The predicted octanol–water partition coefficient (Wildman–Crippen LogP) is -2.28. The Balaban J connectivity index is 2.33. The first kappa shape index (κ1) is 19.8. The molecule has 5 atom stereocenters. The highest BCUT2D eigenvalue weighted by Crippen LogP contribution is 2.33. The van der Waals surface area contributed by atoms with Crippen LogP contribution in [0.5, 0.6) is 0 Å². The molecule has 0 aromatic carbocycles. The van der Waals surface area contributed by atoms with E-state index >= 15 is 0 Å². The van der Waals surface area contributed by atoms with E-state index in [9.17, 15) is 24.6 Å². The van der Waals surface area contributed by atoms with Crippen LogP contribution in [0, 0.1) is 0 Å². The summed E-state index contributed by atoms with van der Waals surface area (Å²) in [4.78, 5) is 41.9. The van der Waals surface area contributed by atoms with Crippen molar-refractivity contribution in [2.75, 3.05) is 12.3 Å². The van der Waals surface area contributed by atoms with Gasteiger partial charge in [-0.1, -0.05) is 0 Å². The highest BCUT2D eigenvalue weighted by molar-refractivity contribution is 5.67. The van der Waals surface area contributed by atoms with Gasteiger partial charge in [0.05, 0.1) is 6.61 Å². The van der Waals surface area contributed by atoms with E-state index in [1.165, 1.54) is 6.92 Å². The van der Waals surface area contributed by atoms with E-state index in [-0.39, 0.29) is 12.4 Å². The van der Waals surface area contributed by atoms with E-state index in [0.717, 1.165) is 17.8 Å². The molecule has 0 radical (unpaired) electrons. The molecule has 1 saturated heterocycles. The summed E-state index contributed by atoms with van der Waals surface area (Å²) >= 11 is 0. The first-order valence-corrected chi connectivity index (χ1v) is 7.72. The summed E-state index contributed by atoms with van der Waals surface area (Å²) in [5.74, 6) is -1.58. The number of ether oxygens (including phenoxy) is 3. The van der Waals surface area contributed by atoms with Crippen molar-refractivity contribution in [3.05, 3.63) is 16.8 Å². The number of hydrogen-bond acceptors (Lipinski definition) is 11.